The van der Waals surface area contributed by atoms with Gasteiger partial charge in [-0.25, -0.2) is 0 Å². The van der Waals surface area contributed by atoms with Crippen molar-refractivity contribution in [3.05, 3.63) is 0 Å². The first-order valence-electron chi connectivity index (χ1n) is 4.40. The minimum absolute atomic E-state index is 0.0197. The average Bonchev–Trinajstić information content (AvgIpc) is 2.13. The lowest BCUT2D eigenvalue weighted by atomic mass is 10.2. The zero-order chi connectivity index (χ0) is 11.0. The Bertz CT molecular complexity index is 196. The van der Waals surface area contributed by atoms with Gasteiger partial charge < -0.3 is 21.3 Å². The van der Waals surface area contributed by atoms with Crippen molar-refractivity contribution in [3.63, 3.8) is 0 Å². The van der Waals surface area contributed by atoms with Gasteiger partial charge >= 0.3 is 0 Å². The van der Waals surface area contributed by atoms with Crippen LogP contribution in [0.1, 0.15) is 19.3 Å². The van der Waals surface area contributed by atoms with Gasteiger partial charge in [0.1, 0.15) is 0 Å². The van der Waals surface area contributed by atoms with Crippen molar-refractivity contribution in [1.29, 1.82) is 0 Å². The molecule has 6 nitrogen and oxygen atoms in total. The highest BCUT2D eigenvalue weighted by atomic mass is 16.3. The van der Waals surface area contributed by atoms with Gasteiger partial charge in [0.15, 0.2) is 0 Å². The summed E-state index contributed by atoms with van der Waals surface area (Å²) in [6.45, 7) is -0.368. The minimum Gasteiger partial charge on any atom is -0.394 e. The van der Waals surface area contributed by atoms with Gasteiger partial charge in [-0.1, -0.05) is 0 Å². The summed E-state index contributed by atoms with van der Waals surface area (Å²) in [4.78, 5) is 21.3. The molecule has 0 spiro atoms. The molecule has 82 valence electrons. The summed E-state index contributed by atoms with van der Waals surface area (Å²) in [6.07, 6.45) is -0.164. The van der Waals surface area contributed by atoms with E-state index in [9.17, 15) is 9.59 Å². The Morgan fingerprint density at radius 2 is 2.00 bits per heavy atom. The Labute approximate surface area is 82.1 Å². The van der Waals surface area contributed by atoms with Crippen molar-refractivity contribution >= 4 is 11.8 Å². The summed E-state index contributed by atoms with van der Waals surface area (Å²) in [5.74, 6) is -0.702. The smallest absolute Gasteiger partial charge is 0.220 e. The van der Waals surface area contributed by atoms with E-state index in [0.717, 1.165) is 0 Å². The van der Waals surface area contributed by atoms with Crippen molar-refractivity contribution in [3.8, 4) is 0 Å². The molecular weight excluding hydrogens is 188 g/mol. The van der Waals surface area contributed by atoms with Crippen LogP contribution in [0, 0.1) is 0 Å². The van der Waals surface area contributed by atoms with Crippen LogP contribution in [0.4, 0.5) is 0 Å². The third kappa shape index (κ3) is 7.51. The third-order valence-corrected chi connectivity index (χ3v) is 1.57. The van der Waals surface area contributed by atoms with Gasteiger partial charge in [-0.05, 0) is 6.42 Å². The van der Waals surface area contributed by atoms with Crippen molar-refractivity contribution in [2.45, 2.75) is 25.4 Å². The van der Waals surface area contributed by atoms with Gasteiger partial charge in [-0.2, -0.15) is 0 Å². The molecule has 5 N–H and O–H groups in total. The molecule has 0 bridgehead atoms. The molecule has 0 saturated heterocycles. The normalized spacial score (nSPS) is 12.1. The first-order valence-corrected chi connectivity index (χ1v) is 4.40. The number of primary amides is 1. The second-order valence-corrected chi connectivity index (χ2v) is 2.96. The molecule has 0 aliphatic heterocycles. The Morgan fingerprint density at radius 3 is 2.50 bits per heavy atom. The molecule has 0 radical (unpaired) electrons. The van der Waals surface area contributed by atoms with E-state index in [4.69, 9.17) is 15.9 Å². The molecule has 0 saturated carbocycles. The monoisotopic (exact) mass is 204 g/mol. The molecule has 0 aromatic heterocycles. The Kier molecular flexibility index (Phi) is 6.69. The van der Waals surface area contributed by atoms with Crippen LogP contribution >= 0.6 is 0 Å². The Hall–Kier alpha value is -1.14. The number of nitrogens with one attached hydrogen (secondary N) is 1. The molecule has 6 heteroatoms. The van der Waals surface area contributed by atoms with Crippen LogP contribution in [-0.2, 0) is 9.59 Å². The maximum Gasteiger partial charge on any atom is 0.220 e. The summed E-state index contributed by atoms with van der Waals surface area (Å²) >= 11 is 0. The molecule has 0 rings (SSSR count). The highest BCUT2D eigenvalue weighted by molar-refractivity contribution is 5.77. The molecule has 0 unspecified atom stereocenters. The van der Waals surface area contributed by atoms with Gasteiger partial charge in [-0.15, -0.1) is 0 Å². The molecule has 0 aliphatic carbocycles. The number of hydrogen-bond donors (Lipinski definition) is 4. The quantitative estimate of drug-likeness (QED) is 0.388. The van der Waals surface area contributed by atoms with E-state index in [1.165, 1.54) is 0 Å². The first-order chi connectivity index (χ1) is 6.56. The Morgan fingerprint density at radius 1 is 1.36 bits per heavy atom. The summed E-state index contributed by atoms with van der Waals surface area (Å²) in [5.41, 5.74) is 4.88. The van der Waals surface area contributed by atoms with Crippen LogP contribution in [0.3, 0.4) is 0 Å². The van der Waals surface area contributed by atoms with E-state index < -0.39 is 12.0 Å². The van der Waals surface area contributed by atoms with Gasteiger partial charge in [-0.3, -0.25) is 9.59 Å². The van der Waals surface area contributed by atoms with Crippen molar-refractivity contribution in [1.82, 2.24) is 5.32 Å². The number of amides is 2. The molecule has 0 aliphatic rings. The van der Waals surface area contributed by atoms with E-state index in [1.807, 2.05) is 0 Å². The van der Waals surface area contributed by atoms with Gasteiger partial charge in [0.25, 0.3) is 0 Å². The Balaban J connectivity index is 3.41. The summed E-state index contributed by atoms with van der Waals surface area (Å²) in [5, 5.41) is 19.7. The predicted octanol–water partition coefficient (Wildman–Crippen LogP) is -1.89. The fraction of sp³-hybridized carbons (Fsp3) is 0.750. The molecule has 1 atom stereocenters. The largest absolute Gasteiger partial charge is 0.394 e. The predicted molar refractivity (Wildman–Crippen MR) is 49.1 cm³/mol. The maximum atomic E-state index is 11.0. The topological polar surface area (TPSA) is 113 Å². The van der Waals surface area contributed by atoms with E-state index in [-0.39, 0.29) is 31.9 Å². The van der Waals surface area contributed by atoms with Gasteiger partial charge in [0.2, 0.25) is 11.8 Å². The van der Waals surface area contributed by atoms with Crippen LogP contribution in [0.2, 0.25) is 0 Å². The van der Waals surface area contributed by atoms with E-state index >= 15 is 0 Å². The van der Waals surface area contributed by atoms with E-state index in [2.05, 4.69) is 5.32 Å². The van der Waals surface area contributed by atoms with Gasteiger partial charge in [0.05, 0.1) is 12.7 Å². The fourth-order valence-electron chi connectivity index (χ4n) is 0.808. The SMILES string of the molecule is NC(=O)CCCC(=O)NC[C@H](O)CO. The molecule has 14 heavy (non-hydrogen) atoms. The highest BCUT2D eigenvalue weighted by Crippen LogP contribution is 1.93. The van der Waals surface area contributed by atoms with Crippen molar-refractivity contribution in [2.24, 2.45) is 5.73 Å². The average molecular weight is 204 g/mol. The molecule has 0 aromatic carbocycles. The molecule has 0 heterocycles. The molecule has 0 fully saturated rings. The third-order valence-electron chi connectivity index (χ3n) is 1.57. The lowest BCUT2D eigenvalue weighted by Crippen LogP contribution is -2.33. The van der Waals surface area contributed by atoms with Crippen LogP contribution < -0.4 is 11.1 Å². The summed E-state index contributed by atoms with van der Waals surface area (Å²) in [6, 6.07) is 0. The second kappa shape index (κ2) is 7.28. The second-order valence-electron chi connectivity index (χ2n) is 2.96. The molecule has 2 amide bonds. The number of rotatable bonds is 7. The van der Waals surface area contributed by atoms with E-state index in [1.54, 1.807) is 0 Å². The number of carbonyl (C=O) groups is 2. The number of aliphatic hydroxyl groups is 2. The lowest BCUT2D eigenvalue weighted by molar-refractivity contribution is -0.122. The zero-order valence-corrected chi connectivity index (χ0v) is 7.90. The zero-order valence-electron chi connectivity index (χ0n) is 7.90. The van der Waals surface area contributed by atoms with E-state index in [0.29, 0.717) is 6.42 Å². The summed E-state index contributed by atoms with van der Waals surface area (Å²) in [7, 11) is 0. The maximum absolute atomic E-state index is 11.0. The van der Waals surface area contributed by atoms with Crippen molar-refractivity contribution < 1.29 is 19.8 Å². The number of hydrogen-bond acceptors (Lipinski definition) is 4. The first kappa shape index (κ1) is 12.9. The highest BCUT2D eigenvalue weighted by Gasteiger charge is 2.05. The van der Waals surface area contributed by atoms with Crippen LogP contribution in [0.5, 0.6) is 0 Å². The number of aliphatic hydroxyl groups excluding tert-OH is 2. The number of nitrogens with two attached hydrogens (primary N) is 1. The summed E-state index contributed by atoms with van der Waals surface area (Å²) < 4.78 is 0. The number of carbonyl (C=O) groups excluding carboxylic acids is 2. The van der Waals surface area contributed by atoms with Crippen LogP contribution in [0.25, 0.3) is 0 Å². The van der Waals surface area contributed by atoms with Crippen molar-refractivity contribution in [2.75, 3.05) is 13.2 Å². The lowest BCUT2D eigenvalue weighted by Gasteiger charge is -2.08. The van der Waals surface area contributed by atoms with Gasteiger partial charge in [0, 0.05) is 19.4 Å². The fourth-order valence-corrected chi connectivity index (χ4v) is 0.808. The van der Waals surface area contributed by atoms with Crippen LogP contribution in [-0.4, -0.2) is 41.3 Å². The standard InChI is InChI=1S/C8H16N2O4/c9-7(13)2-1-3-8(14)10-4-6(12)5-11/h6,11-12H,1-5H2,(H2,9,13)(H,10,14)/t6-/m0/s1. The molecular formula is C8H16N2O4. The van der Waals surface area contributed by atoms with Crippen LogP contribution in [0.15, 0.2) is 0 Å². The molecule has 0 aromatic rings. The minimum atomic E-state index is -0.935.